The second-order valence-corrected chi connectivity index (χ2v) is 7.02. The van der Waals surface area contributed by atoms with Crippen molar-refractivity contribution in [2.24, 2.45) is 0 Å². The molecule has 0 atom stereocenters. The van der Waals surface area contributed by atoms with Crippen LogP contribution in [0.1, 0.15) is 13.8 Å². The molecular weight excluding hydrogens is 378 g/mol. The standard InChI is InChI=1S/C21H18ClN3O3/c1-13(2)27-19-7-6-14(12-17(19)22)20-23-21(28-24-20)16-4-3-5-18-15(16)8-9-25(18)10-11-26/h3-9,11-13H,10H2,1-2H3. The number of rotatable bonds is 6. The maximum atomic E-state index is 10.9. The van der Waals surface area contributed by atoms with Crippen LogP contribution in [0.25, 0.3) is 33.7 Å². The number of aromatic nitrogens is 3. The molecule has 4 rings (SSSR count). The molecule has 2 aromatic heterocycles. The summed E-state index contributed by atoms with van der Waals surface area (Å²) in [5.41, 5.74) is 2.48. The first-order valence-corrected chi connectivity index (χ1v) is 9.27. The number of carbonyl (C=O) groups excluding carboxylic acids is 1. The van der Waals surface area contributed by atoms with E-state index in [1.807, 2.05) is 54.9 Å². The molecule has 4 aromatic rings. The molecule has 0 fully saturated rings. The van der Waals surface area contributed by atoms with Crippen molar-refractivity contribution in [3.8, 4) is 28.6 Å². The van der Waals surface area contributed by atoms with Crippen LogP contribution in [-0.2, 0) is 11.3 Å². The maximum Gasteiger partial charge on any atom is 0.258 e. The number of aldehydes is 1. The van der Waals surface area contributed by atoms with Crippen molar-refractivity contribution in [2.45, 2.75) is 26.5 Å². The third-order valence-electron chi connectivity index (χ3n) is 4.29. The van der Waals surface area contributed by atoms with E-state index in [4.69, 9.17) is 20.9 Å². The van der Waals surface area contributed by atoms with Gasteiger partial charge in [0.15, 0.2) is 0 Å². The van der Waals surface area contributed by atoms with E-state index < -0.39 is 0 Å². The maximum absolute atomic E-state index is 10.9. The second-order valence-electron chi connectivity index (χ2n) is 6.61. The van der Waals surface area contributed by atoms with Gasteiger partial charge in [-0.15, -0.1) is 0 Å². The monoisotopic (exact) mass is 395 g/mol. The lowest BCUT2D eigenvalue weighted by Gasteiger charge is -2.11. The minimum atomic E-state index is 0.0344. The molecule has 7 heteroatoms. The van der Waals surface area contributed by atoms with Crippen LogP contribution in [0.15, 0.2) is 53.2 Å². The minimum Gasteiger partial charge on any atom is -0.489 e. The van der Waals surface area contributed by atoms with Gasteiger partial charge in [0, 0.05) is 28.2 Å². The largest absolute Gasteiger partial charge is 0.489 e. The summed E-state index contributed by atoms with van der Waals surface area (Å²) in [6, 6.07) is 13.1. The molecule has 0 aliphatic rings. The van der Waals surface area contributed by atoms with E-state index >= 15 is 0 Å². The molecule has 142 valence electrons. The Bertz CT molecular complexity index is 1150. The van der Waals surface area contributed by atoms with Crippen LogP contribution in [0.5, 0.6) is 5.75 Å². The highest BCUT2D eigenvalue weighted by molar-refractivity contribution is 6.32. The Morgan fingerprint density at radius 1 is 1.25 bits per heavy atom. The molecule has 0 amide bonds. The fourth-order valence-corrected chi connectivity index (χ4v) is 3.31. The summed E-state index contributed by atoms with van der Waals surface area (Å²) in [4.78, 5) is 15.4. The van der Waals surface area contributed by atoms with E-state index in [0.717, 1.165) is 28.3 Å². The van der Waals surface area contributed by atoms with Crippen LogP contribution < -0.4 is 4.74 Å². The second kappa shape index (κ2) is 7.48. The molecule has 2 heterocycles. The molecule has 0 aliphatic heterocycles. The molecule has 0 spiro atoms. The van der Waals surface area contributed by atoms with Gasteiger partial charge < -0.3 is 18.6 Å². The minimum absolute atomic E-state index is 0.0344. The Morgan fingerprint density at radius 2 is 2.11 bits per heavy atom. The van der Waals surface area contributed by atoms with Crippen LogP contribution >= 0.6 is 11.6 Å². The zero-order chi connectivity index (χ0) is 19.7. The van der Waals surface area contributed by atoms with E-state index in [-0.39, 0.29) is 6.10 Å². The molecule has 0 N–H and O–H groups in total. The molecule has 28 heavy (non-hydrogen) atoms. The lowest BCUT2D eigenvalue weighted by Crippen LogP contribution is -2.05. The molecule has 0 aliphatic carbocycles. The van der Waals surface area contributed by atoms with Crippen LogP contribution in [0.2, 0.25) is 5.02 Å². The Hall–Kier alpha value is -3.12. The van der Waals surface area contributed by atoms with Gasteiger partial charge in [-0.05, 0) is 50.2 Å². The topological polar surface area (TPSA) is 70.2 Å². The highest BCUT2D eigenvalue weighted by Gasteiger charge is 2.16. The van der Waals surface area contributed by atoms with Gasteiger partial charge in [0.05, 0.1) is 17.7 Å². The van der Waals surface area contributed by atoms with Crippen molar-refractivity contribution >= 4 is 28.8 Å². The number of ether oxygens (including phenoxy) is 1. The van der Waals surface area contributed by atoms with E-state index in [9.17, 15) is 4.79 Å². The molecule has 0 saturated carbocycles. The van der Waals surface area contributed by atoms with Gasteiger partial charge in [-0.2, -0.15) is 4.98 Å². The van der Waals surface area contributed by atoms with E-state index in [0.29, 0.717) is 29.0 Å². The van der Waals surface area contributed by atoms with Crippen LogP contribution in [0, 0.1) is 0 Å². The summed E-state index contributed by atoms with van der Waals surface area (Å²) in [5, 5.41) is 5.53. The van der Waals surface area contributed by atoms with Gasteiger partial charge >= 0.3 is 0 Å². The number of fused-ring (bicyclic) bond motifs is 1. The van der Waals surface area contributed by atoms with Crippen LogP contribution in [0.4, 0.5) is 0 Å². The van der Waals surface area contributed by atoms with Crippen molar-refractivity contribution < 1.29 is 14.1 Å². The van der Waals surface area contributed by atoms with Crippen molar-refractivity contribution in [3.05, 3.63) is 53.7 Å². The Labute approximate surface area is 166 Å². The molecule has 0 radical (unpaired) electrons. The zero-order valence-electron chi connectivity index (χ0n) is 15.4. The predicted molar refractivity (Wildman–Crippen MR) is 108 cm³/mol. The molecule has 0 bridgehead atoms. The average molecular weight is 396 g/mol. The zero-order valence-corrected chi connectivity index (χ0v) is 16.2. The molecule has 0 unspecified atom stereocenters. The third-order valence-corrected chi connectivity index (χ3v) is 4.59. The van der Waals surface area contributed by atoms with E-state index in [1.54, 1.807) is 12.1 Å². The number of nitrogens with zero attached hydrogens (tertiary/aromatic N) is 3. The first-order valence-electron chi connectivity index (χ1n) is 8.89. The van der Waals surface area contributed by atoms with Crippen molar-refractivity contribution in [1.29, 1.82) is 0 Å². The fraction of sp³-hybridized carbons (Fsp3) is 0.190. The SMILES string of the molecule is CC(C)Oc1ccc(-c2noc(-c3cccc4c3ccn4CC=O)n2)cc1Cl. The van der Waals surface area contributed by atoms with Crippen molar-refractivity contribution in [2.75, 3.05) is 0 Å². The summed E-state index contributed by atoms with van der Waals surface area (Å²) in [7, 11) is 0. The first-order chi connectivity index (χ1) is 13.6. The van der Waals surface area contributed by atoms with E-state index in [2.05, 4.69) is 10.1 Å². The average Bonchev–Trinajstić information content (AvgIpc) is 3.31. The number of carbonyl (C=O) groups is 1. The Morgan fingerprint density at radius 3 is 2.86 bits per heavy atom. The summed E-state index contributed by atoms with van der Waals surface area (Å²) >= 11 is 6.32. The quantitative estimate of drug-likeness (QED) is 0.430. The number of halogens is 1. The smallest absolute Gasteiger partial charge is 0.258 e. The molecule has 6 nitrogen and oxygen atoms in total. The van der Waals surface area contributed by atoms with Gasteiger partial charge in [-0.3, -0.25) is 0 Å². The fourth-order valence-electron chi connectivity index (χ4n) is 3.09. The lowest BCUT2D eigenvalue weighted by molar-refractivity contribution is -0.108. The summed E-state index contributed by atoms with van der Waals surface area (Å²) in [6.07, 6.45) is 2.77. The molecular formula is C21H18ClN3O3. The van der Waals surface area contributed by atoms with Gasteiger partial charge in [0.2, 0.25) is 5.82 Å². The van der Waals surface area contributed by atoms with Crippen LogP contribution in [-0.4, -0.2) is 27.1 Å². The lowest BCUT2D eigenvalue weighted by atomic mass is 10.1. The highest BCUT2D eigenvalue weighted by atomic mass is 35.5. The Balaban J connectivity index is 1.69. The number of hydrogen-bond acceptors (Lipinski definition) is 5. The summed E-state index contributed by atoms with van der Waals surface area (Å²) in [5.74, 6) is 1.46. The first kappa shape index (κ1) is 18.3. The summed E-state index contributed by atoms with van der Waals surface area (Å²) in [6.45, 7) is 4.18. The molecule has 2 aromatic carbocycles. The number of benzene rings is 2. The van der Waals surface area contributed by atoms with Gasteiger partial charge in [0.1, 0.15) is 12.0 Å². The summed E-state index contributed by atoms with van der Waals surface area (Å²) < 4.78 is 13.0. The van der Waals surface area contributed by atoms with Gasteiger partial charge in [-0.1, -0.05) is 22.8 Å². The van der Waals surface area contributed by atoms with Crippen LogP contribution in [0.3, 0.4) is 0 Å². The van der Waals surface area contributed by atoms with Gasteiger partial charge in [-0.25, -0.2) is 0 Å². The highest BCUT2D eigenvalue weighted by Crippen LogP contribution is 2.32. The van der Waals surface area contributed by atoms with Gasteiger partial charge in [0.25, 0.3) is 5.89 Å². The predicted octanol–water partition coefficient (Wildman–Crippen LogP) is 5.00. The number of hydrogen-bond donors (Lipinski definition) is 0. The third kappa shape index (κ3) is 3.39. The van der Waals surface area contributed by atoms with E-state index in [1.165, 1.54) is 0 Å². The van der Waals surface area contributed by atoms with Crippen molar-refractivity contribution in [1.82, 2.24) is 14.7 Å². The Kier molecular flexibility index (Phi) is 4.88. The normalized spacial score (nSPS) is 11.3. The molecule has 0 saturated heterocycles. The van der Waals surface area contributed by atoms with Crippen molar-refractivity contribution in [3.63, 3.8) is 0 Å².